The highest BCUT2D eigenvalue weighted by atomic mass is 15.5. The molecule has 0 fully saturated rings. The molecule has 0 aliphatic carbocycles. The van der Waals surface area contributed by atoms with E-state index in [1.165, 1.54) is 5.56 Å². The number of hydrogen-bond donors (Lipinski definition) is 1. The highest BCUT2D eigenvalue weighted by Gasteiger charge is 1.98. The Morgan fingerprint density at radius 2 is 1.50 bits per heavy atom. The van der Waals surface area contributed by atoms with Crippen LogP contribution < -0.4 is 0 Å². The van der Waals surface area contributed by atoms with Crippen LogP contribution in [0.2, 0.25) is 0 Å². The van der Waals surface area contributed by atoms with Crippen molar-refractivity contribution in [3.63, 3.8) is 0 Å². The lowest BCUT2D eigenvalue weighted by Gasteiger charge is -1.93. The van der Waals surface area contributed by atoms with E-state index in [0.29, 0.717) is 6.42 Å². The minimum Gasteiger partial charge on any atom is -0.198 e. The molecule has 0 saturated carbocycles. The van der Waals surface area contributed by atoms with Crippen molar-refractivity contribution in [3.8, 4) is 6.07 Å². The zero-order valence-electron chi connectivity index (χ0n) is 11.5. The molecule has 2 aromatic carbocycles. The van der Waals surface area contributed by atoms with Crippen LogP contribution in [0.4, 0.5) is 0 Å². The van der Waals surface area contributed by atoms with Crippen molar-refractivity contribution in [2.45, 2.75) is 20.3 Å². The first-order chi connectivity index (χ1) is 10.4. The van der Waals surface area contributed by atoms with Gasteiger partial charge in [-0.25, -0.2) is 0 Å². The normalized spacial score (nSPS) is 8.86. The summed E-state index contributed by atoms with van der Waals surface area (Å²) in [5, 5.41) is 21.9. The van der Waals surface area contributed by atoms with Crippen molar-refractivity contribution < 1.29 is 0 Å². The van der Waals surface area contributed by atoms with Crippen LogP contribution in [0.5, 0.6) is 0 Å². The fourth-order valence-corrected chi connectivity index (χ4v) is 1.72. The number of benzene rings is 2. The second-order valence-electron chi connectivity index (χ2n) is 4.31. The Balaban J connectivity index is 0.000000219. The first-order valence-electron chi connectivity index (χ1n) is 6.55. The molecule has 3 rings (SSSR count). The van der Waals surface area contributed by atoms with E-state index in [1.54, 1.807) is 0 Å². The lowest BCUT2D eigenvalue weighted by atomic mass is 10.1. The van der Waals surface area contributed by atoms with Gasteiger partial charge >= 0.3 is 0 Å². The molecular weight excluding hydrogens is 274 g/mol. The number of hydrogen-bond acceptors (Lipinski definition) is 4. The van der Waals surface area contributed by atoms with Crippen molar-refractivity contribution in [1.82, 2.24) is 20.6 Å². The van der Waals surface area contributed by atoms with Crippen LogP contribution in [-0.4, -0.2) is 20.6 Å². The molecule has 0 unspecified atom stereocenters. The number of H-pyrrole nitrogens is 1. The fourth-order valence-electron chi connectivity index (χ4n) is 1.72. The van der Waals surface area contributed by atoms with Crippen LogP contribution in [0.3, 0.4) is 0 Å². The minimum absolute atomic E-state index is 0. The van der Waals surface area contributed by atoms with Gasteiger partial charge in [-0.15, -0.1) is 10.2 Å². The topological polar surface area (TPSA) is 78.2 Å². The van der Waals surface area contributed by atoms with Crippen molar-refractivity contribution in [3.05, 3.63) is 77.6 Å². The quantitative estimate of drug-likeness (QED) is 0.804. The maximum atomic E-state index is 8.27. The van der Waals surface area contributed by atoms with Gasteiger partial charge in [0.05, 0.1) is 12.5 Å². The molecule has 0 bridgehead atoms. The molecule has 5 heteroatoms. The number of nitrogens with one attached hydrogen (secondary N) is 1. The van der Waals surface area contributed by atoms with E-state index in [0.717, 1.165) is 17.8 Å². The van der Waals surface area contributed by atoms with Crippen molar-refractivity contribution in [2.75, 3.05) is 0 Å². The van der Waals surface area contributed by atoms with Crippen molar-refractivity contribution >= 4 is 0 Å². The smallest absolute Gasteiger partial charge is 0.178 e. The minimum atomic E-state index is 0. The molecule has 0 saturated heterocycles. The summed E-state index contributed by atoms with van der Waals surface area (Å²) in [6.45, 7) is 0. The van der Waals surface area contributed by atoms with E-state index in [2.05, 4.69) is 26.7 Å². The summed E-state index contributed by atoms with van der Waals surface area (Å²) in [5.74, 6) is 0.723. The van der Waals surface area contributed by atoms with Crippen molar-refractivity contribution in [1.29, 1.82) is 5.26 Å². The fraction of sp³-hybridized carbons (Fsp3) is 0.176. The van der Waals surface area contributed by atoms with Crippen LogP contribution in [0.1, 0.15) is 24.4 Å². The Bertz CT molecular complexity index is 657. The zero-order valence-corrected chi connectivity index (χ0v) is 11.5. The number of nitriles is 1. The van der Waals surface area contributed by atoms with Gasteiger partial charge in [-0.05, 0) is 11.1 Å². The molecule has 0 radical (unpaired) electrons. The molecule has 3 aromatic rings. The van der Waals surface area contributed by atoms with Crippen LogP contribution in [0.25, 0.3) is 0 Å². The van der Waals surface area contributed by atoms with Crippen LogP contribution in [-0.2, 0) is 12.8 Å². The zero-order chi connectivity index (χ0) is 14.8. The molecule has 0 aliphatic heterocycles. The van der Waals surface area contributed by atoms with Crippen molar-refractivity contribution in [2.24, 2.45) is 0 Å². The molecule has 1 aromatic heterocycles. The largest absolute Gasteiger partial charge is 0.198 e. The van der Waals surface area contributed by atoms with Crippen LogP contribution in [0.15, 0.2) is 60.7 Å². The van der Waals surface area contributed by atoms with Gasteiger partial charge in [-0.3, -0.25) is 0 Å². The highest BCUT2D eigenvalue weighted by Crippen LogP contribution is 2.02. The Hall–Kier alpha value is -3.00. The predicted octanol–water partition coefficient (Wildman–Crippen LogP) is 3.18. The van der Waals surface area contributed by atoms with E-state index in [4.69, 9.17) is 5.26 Å². The average molecular weight is 293 g/mol. The first-order valence-corrected chi connectivity index (χ1v) is 6.55. The monoisotopic (exact) mass is 293 g/mol. The summed E-state index contributed by atoms with van der Waals surface area (Å²) < 4.78 is 0. The van der Waals surface area contributed by atoms with Gasteiger partial charge in [0.15, 0.2) is 5.82 Å². The van der Waals surface area contributed by atoms with Crippen LogP contribution in [0, 0.1) is 11.3 Å². The Kier molecular flexibility index (Phi) is 7.62. The Morgan fingerprint density at radius 3 is 2.00 bits per heavy atom. The molecule has 0 aliphatic rings. The molecule has 22 heavy (non-hydrogen) atoms. The summed E-state index contributed by atoms with van der Waals surface area (Å²) in [6.07, 6.45) is 1.25. The number of rotatable bonds is 3. The molecule has 112 valence electrons. The molecule has 1 N–H and O–H groups in total. The van der Waals surface area contributed by atoms with Gasteiger partial charge in [0.2, 0.25) is 0 Å². The highest BCUT2D eigenvalue weighted by molar-refractivity contribution is 5.18. The number of tetrazole rings is 1. The first kappa shape index (κ1) is 17.1. The second kappa shape index (κ2) is 9.83. The summed E-state index contributed by atoms with van der Waals surface area (Å²) in [4.78, 5) is 0. The summed E-state index contributed by atoms with van der Waals surface area (Å²) in [7, 11) is 0. The predicted molar refractivity (Wildman–Crippen MR) is 85.9 cm³/mol. The second-order valence-corrected chi connectivity index (χ2v) is 4.31. The maximum absolute atomic E-state index is 8.27. The number of aromatic nitrogens is 4. The summed E-state index contributed by atoms with van der Waals surface area (Å²) in [5.41, 5.74) is 2.28. The summed E-state index contributed by atoms with van der Waals surface area (Å²) in [6, 6.07) is 21.9. The molecule has 5 nitrogen and oxygen atoms in total. The third kappa shape index (κ3) is 5.97. The van der Waals surface area contributed by atoms with Gasteiger partial charge in [0.1, 0.15) is 0 Å². The third-order valence-electron chi connectivity index (χ3n) is 2.72. The SMILES string of the molecule is C.N#CCc1ccccc1.c1ccc(Cc2nn[nH]n2)cc1. The lowest BCUT2D eigenvalue weighted by molar-refractivity contribution is 0.881. The van der Waals surface area contributed by atoms with Gasteiger partial charge in [-0.2, -0.15) is 10.5 Å². The lowest BCUT2D eigenvalue weighted by Crippen LogP contribution is -1.89. The van der Waals surface area contributed by atoms with Crippen LogP contribution >= 0.6 is 0 Å². The Labute approximate surface area is 130 Å². The Morgan fingerprint density at radius 1 is 0.909 bits per heavy atom. The van der Waals surface area contributed by atoms with E-state index < -0.39 is 0 Å². The third-order valence-corrected chi connectivity index (χ3v) is 2.72. The van der Waals surface area contributed by atoms with Gasteiger partial charge in [-0.1, -0.05) is 73.3 Å². The number of aromatic amines is 1. The van der Waals surface area contributed by atoms with Gasteiger partial charge in [0.25, 0.3) is 0 Å². The van der Waals surface area contributed by atoms with E-state index in [-0.39, 0.29) is 7.43 Å². The van der Waals surface area contributed by atoms with E-state index in [9.17, 15) is 0 Å². The van der Waals surface area contributed by atoms with E-state index in [1.807, 2.05) is 60.7 Å². The molecule has 1 heterocycles. The van der Waals surface area contributed by atoms with Gasteiger partial charge in [0, 0.05) is 6.42 Å². The van der Waals surface area contributed by atoms with E-state index >= 15 is 0 Å². The molecule has 0 spiro atoms. The summed E-state index contributed by atoms with van der Waals surface area (Å²) >= 11 is 0. The average Bonchev–Trinajstić information content (AvgIpc) is 3.03. The maximum Gasteiger partial charge on any atom is 0.178 e. The molecule has 0 amide bonds. The van der Waals surface area contributed by atoms with Gasteiger partial charge < -0.3 is 0 Å². The molecular formula is C17H19N5. The molecule has 0 atom stereocenters. The number of nitrogens with zero attached hydrogens (tertiary/aromatic N) is 4. The standard InChI is InChI=1S/C8H8N4.C8H7N.CH4/c1-2-4-7(5-3-1)6-8-9-11-12-10-8;9-7-6-8-4-2-1-3-5-8;/h1-5H,6H2,(H,9,10,11,12);1-5H,6H2;1H4.